The van der Waals surface area contributed by atoms with Crippen LogP contribution in [0.2, 0.25) is 0 Å². The van der Waals surface area contributed by atoms with Crippen LogP contribution in [0, 0.1) is 5.92 Å². The lowest BCUT2D eigenvalue weighted by Gasteiger charge is -2.32. The van der Waals surface area contributed by atoms with Gasteiger partial charge in [-0.05, 0) is 55.5 Å². The maximum absolute atomic E-state index is 12.8. The van der Waals surface area contributed by atoms with Crippen LogP contribution in [0.15, 0.2) is 36.4 Å². The fourth-order valence-corrected chi connectivity index (χ4v) is 3.82. The lowest BCUT2D eigenvalue weighted by Crippen LogP contribution is -2.32. The summed E-state index contributed by atoms with van der Waals surface area (Å²) in [5, 5.41) is 3.05. The summed E-state index contributed by atoms with van der Waals surface area (Å²) in [6, 6.07) is 11.7. The minimum atomic E-state index is -0.198. The molecule has 1 unspecified atom stereocenters. The zero-order valence-corrected chi connectivity index (χ0v) is 18.5. The van der Waals surface area contributed by atoms with Crippen molar-refractivity contribution in [1.82, 2.24) is 5.32 Å². The zero-order chi connectivity index (χ0) is 21.7. The maximum atomic E-state index is 12.8. The lowest BCUT2D eigenvalue weighted by molar-refractivity contribution is 0.0939. The first-order valence-electron chi connectivity index (χ1n) is 10.4. The summed E-state index contributed by atoms with van der Waals surface area (Å²) in [6.07, 6.45) is 2.48. The van der Waals surface area contributed by atoms with Crippen LogP contribution >= 0.6 is 0 Å². The molecule has 162 valence electrons. The molecule has 6 heteroatoms. The fourth-order valence-electron chi connectivity index (χ4n) is 3.82. The van der Waals surface area contributed by atoms with E-state index in [4.69, 9.17) is 14.2 Å². The maximum Gasteiger partial charge on any atom is 0.252 e. The van der Waals surface area contributed by atoms with E-state index in [9.17, 15) is 4.79 Å². The van der Waals surface area contributed by atoms with Gasteiger partial charge in [0.25, 0.3) is 5.91 Å². The van der Waals surface area contributed by atoms with E-state index in [1.807, 2.05) is 6.92 Å². The minimum Gasteiger partial charge on any atom is -0.493 e. The van der Waals surface area contributed by atoms with Gasteiger partial charge in [0.05, 0.1) is 27.4 Å². The quantitative estimate of drug-likeness (QED) is 0.729. The molecular formula is C24H32N2O4. The highest BCUT2D eigenvalue weighted by Crippen LogP contribution is 2.38. The number of ether oxygens (including phenoxy) is 3. The summed E-state index contributed by atoms with van der Waals surface area (Å²) in [5.41, 5.74) is 2.76. The van der Waals surface area contributed by atoms with Gasteiger partial charge in [0.2, 0.25) is 5.75 Å². The molecule has 6 nitrogen and oxygen atoms in total. The number of hydrogen-bond donors (Lipinski definition) is 1. The number of methoxy groups -OCH3 is 3. The third kappa shape index (κ3) is 4.81. The summed E-state index contributed by atoms with van der Waals surface area (Å²) in [5.74, 6) is 1.99. The standard InChI is InChI=1S/C24H32N2O4/c1-16-10-12-26(13-11-16)20-8-6-18(7-9-20)17(2)25-24(27)19-14-21(28-3)23(30-5)22(15-19)29-4/h6-9,14-17H,10-13H2,1-5H3,(H,25,27). The van der Waals surface area contributed by atoms with E-state index < -0.39 is 0 Å². The summed E-state index contributed by atoms with van der Waals surface area (Å²) >= 11 is 0. The highest BCUT2D eigenvalue weighted by atomic mass is 16.5. The molecule has 1 N–H and O–H groups in total. The first kappa shape index (κ1) is 21.8. The van der Waals surface area contributed by atoms with Crippen LogP contribution in [0.25, 0.3) is 0 Å². The van der Waals surface area contributed by atoms with Gasteiger partial charge in [-0.2, -0.15) is 0 Å². The van der Waals surface area contributed by atoms with Crippen LogP contribution < -0.4 is 24.4 Å². The number of piperidine rings is 1. The van der Waals surface area contributed by atoms with Crippen LogP contribution in [0.3, 0.4) is 0 Å². The Morgan fingerprint density at radius 1 is 1.00 bits per heavy atom. The molecule has 0 radical (unpaired) electrons. The molecule has 0 aromatic heterocycles. The van der Waals surface area contributed by atoms with Crippen LogP contribution in [0.5, 0.6) is 17.2 Å². The highest BCUT2D eigenvalue weighted by Gasteiger charge is 2.19. The van der Waals surface area contributed by atoms with E-state index in [2.05, 4.69) is 41.4 Å². The molecule has 3 rings (SSSR count). The van der Waals surface area contributed by atoms with Gasteiger partial charge in [-0.1, -0.05) is 19.1 Å². The smallest absolute Gasteiger partial charge is 0.252 e. The number of hydrogen-bond acceptors (Lipinski definition) is 5. The normalized spacial score (nSPS) is 15.4. The number of anilines is 1. The summed E-state index contributed by atoms with van der Waals surface area (Å²) < 4.78 is 16.0. The molecule has 2 aromatic rings. The average Bonchev–Trinajstić information content (AvgIpc) is 2.78. The number of carbonyl (C=O) groups excluding carboxylic acids is 1. The second-order valence-electron chi connectivity index (χ2n) is 7.87. The van der Waals surface area contributed by atoms with Crippen LogP contribution in [0.4, 0.5) is 5.69 Å². The lowest BCUT2D eigenvalue weighted by atomic mass is 9.98. The van der Waals surface area contributed by atoms with Gasteiger partial charge >= 0.3 is 0 Å². The fraction of sp³-hybridized carbons (Fsp3) is 0.458. The molecule has 0 aliphatic carbocycles. The van der Waals surface area contributed by atoms with Gasteiger partial charge in [0.1, 0.15) is 0 Å². The molecule has 0 spiro atoms. The number of amides is 1. The molecular weight excluding hydrogens is 380 g/mol. The Balaban J connectivity index is 1.69. The van der Waals surface area contributed by atoms with E-state index in [0.29, 0.717) is 22.8 Å². The summed E-state index contributed by atoms with van der Waals surface area (Å²) in [6.45, 7) is 6.51. The van der Waals surface area contributed by atoms with Gasteiger partial charge in [-0.15, -0.1) is 0 Å². The van der Waals surface area contributed by atoms with Crippen molar-refractivity contribution in [3.8, 4) is 17.2 Å². The van der Waals surface area contributed by atoms with Crippen LogP contribution in [-0.4, -0.2) is 40.3 Å². The van der Waals surface area contributed by atoms with Gasteiger partial charge in [0, 0.05) is 24.3 Å². The Morgan fingerprint density at radius 2 is 1.57 bits per heavy atom. The Bertz CT molecular complexity index is 833. The van der Waals surface area contributed by atoms with Crippen molar-refractivity contribution in [2.45, 2.75) is 32.7 Å². The molecule has 1 aliphatic rings. The van der Waals surface area contributed by atoms with Crippen LogP contribution in [-0.2, 0) is 0 Å². The summed E-state index contributed by atoms with van der Waals surface area (Å²) in [4.78, 5) is 15.3. The number of nitrogens with one attached hydrogen (secondary N) is 1. The third-order valence-corrected chi connectivity index (χ3v) is 5.82. The molecule has 1 fully saturated rings. The molecule has 1 atom stereocenters. The van der Waals surface area contributed by atoms with Crippen molar-refractivity contribution in [1.29, 1.82) is 0 Å². The van der Waals surface area contributed by atoms with Crippen molar-refractivity contribution in [2.75, 3.05) is 39.3 Å². The van der Waals surface area contributed by atoms with Crippen molar-refractivity contribution in [3.63, 3.8) is 0 Å². The van der Waals surface area contributed by atoms with E-state index in [0.717, 1.165) is 24.6 Å². The molecule has 2 aromatic carbocycles. The van der Waals surface area contributed by atoms with Crippen molar-refractivity contribution >= 4 is 11.6 Å². The van der Waals surface area contributed by atoms with Gasteiger partial charge in [-0.25, -0.2) is 0 Å². The highest BCUT2D eigenvalue weighted by molar-refractivity contribution is 5.95. The largest absolute Gasteiger partial charge is 0.493 e. The zero-order valence-electron chi connectivity index (χ0n) is 18.5. The van der Waals surface area contributed by atoms with Crippen molar-refractivity contribution in [2.24, 2.45) is 5.92 Å². The van der Waals surface area contributed by atoms with E-state index >= 15 is 0 Å². The monoisotopic (exact) mass is 412 g/mol. The Morgan fingerprint density at radius 3 is 2.07 bits per heavy atom. The first-order valence-corrected chi connectivity index (χ1v) is 10.4. The predicted octanol–water partition coefficient (Wildman–Crippen LogP) is 4.44. The van der Waals surface area contributed by atoms with Crippen molar-refractivity contribution in [3.05, 3.63) is 47.5 Å². The van der Waals surface area contributed by atoms with Crippen molar-refractivity contribution < 1.29 is 19.0 Å². The number of rotatable bonds is 7. The SMILES string of the molecule is COc1cc(C(=O)NC(C)c2ccc(N3CCC(C)CC3)cc2)cc(OC)c1OC. The van der Waals surface area contributed by atoms with Gasteiger partial charge < -0.3 is 24.4 Å². The first-order chi connectivity index (χ1) is 14.5. The minimum absolute atomic E-state index is 0.132. The second kappa shape index (κ2) is 9.74. The molecule has 1 saturated heterocycles. The van der Waals surface area contributed by atoms with Crippen LogP contribution in [0.1, 0.15) is 48.7 Å². The third-order valence-electron chi connectivity index (χ3n) is 5.82. The van der Waals surface area contributed by atoms with Gasteiger partial charge in [0.15, 0.2) is 11.5 Å². The number of benzene rings is 2. The average molecular weight is 413 g/mol. The number of carbonyl (C=O) groups is 1. The predicted molar refractivity (Wildman–Crippen MR) is 119 cm³/mol. The van der Waals surface area contributed by atoms with E-state index in [1.54, 1.807) is 12.1 Å². The molecule has 1 heterocycles. The molecule has 30 heavy (non-hydrogen) atoms. The Labute approximate surface area is 179 Å². The molecule has 0 bridgehead atoms. The second-order valence-corrected chi connectivity index (χ2v) is 7.87. The van der Waals surface area contributed by atoms with Gasteiger partial charge in [-0.3, -0.25) is 4.79 Å². The topological polar surface area (TPSA) is 60.0 Å². The van der Waals surface area contributed by atoms with E-state index in [1.165, 1.54) is 39.9 Å². The Hall–Kier alpha value is -2.89. The van der Waals surface area contributed by atoms with E-state index in [-0.39, 0.29) is 11.9 Å². The molecule has 1 amide bonds. The Kier molecular flexibility index (Phi) is 7.08. The molecule has 1 aliphatic heterocycles. The number of nitrogens with zero attached hydrogens (tertiary/aromatic N) is 1. The molecule has 0 saturated carbocycles. The summed E-state index contributed by atoms with van der Waals surface area (Å²) in [7, 11) is 4.61.